The summed E-state index contributed by atoms with van der Waals surface area (Å²) in [6.45, 7) is 3.30. The number of amides is 1. The highest BCUT2D eigenvalue weighted by atomic mass is 16.6. The molecule has 0 N–H and O–H groups in total. The molecule has 0 aromatic rings. The molecule has 2 aliphatic rings. The van der Waals surface area contributed by atoms with Crippen LogP contribution >= 0.6 is 0 Å². The van der Waals surface area contributed by atoms with E-state index >= 15 is 0 Å². The van der Waals surface area contributed by atoms with E-state index in [1.54, 1.807) is 0 Å². The molecule has 0 heterocycles. The van der Waals surface area contributed by atoms with Gasteiger partial charge < -0.3 is 9.64 Å². The molecule has 0 saturated heterocycles. The van der Waals surface area contributed by atoms with Crippen LogP contribution in [0.25, 0.3) is 0 Å². The third-order valence-corrected chi connectivity index (χ3v) is 5.25. The topological polar surface area (TPSA) is 29.5 Å². The number of hydrogen-bond acceptors (Lipinski definition) is 2. The molecule has 122 valence electrons. The molecule has 0 atom stereocenters. The van der Waals surface area contributed by atoms with Gasteiger partial charge in [0, 0.05) is 12.6 Å². The minimum Gasteiger partial charge on any atom is -0.450 e. The van der Waals surface area contributed by atoms with Crippen molar-refractivity contribution in [1.29, 1.82) is 0 Å². The Hall–Kier alpha value is -0.730. The summed E-state index contributed by atoms with van der Waals surface area (Å²) in [5, 5.41) is 0. The van der Waals surface area contributed by atoms with Gasteiger partial charge in [0.2, 0.25) is 0 Å². The van der Waals surface area contributed by atoms with Crippen molar-refractivity contribution in [3.05, 3.63) is 0 Å². The summed E-state index contributed by atoms with van der Waals surface area (Å²) < 4.78 is 5.29. The third-order valence-electron chi connectivity index (χ3n) is 5.25. The largest absolute Gasteiger partial charge is 0.450 e. The Morgan fingerprint density at radius 1 is 1.00 bits per heavy atom. The average molecular weight is 295 g/mol. The molecule has 21 heavy (non-hydrogen) atoms. The summed E-state index contributed by atoms with van der Waals surface area (Å²) in [7, 11) is 0. The molecule has 3 nitrogen and oxygen atoms in total. The van der Waals surface area contributed by atoms with Crippen molar-refractivity contribution in [2.75, 3.05) is 13.2 Å². The number of carbonyl (C=O) groups excluding carboxylic acids is 1. The third kappa shape index (κ3) is 5.52. The maximum atomic E-state index is 12.2. The second kappa shape index (κ2) is 9.32. The van der Waals surface area contributed by atoms with E-state index < -0.39 is 0 Å². The van der Waals surface area contributed by atoms with Crippen LogP contribution in [-0.4, -0.2) is 30.2 Å². The van der Waals surface area contributed by atoms with Crippen molar-refractivity contribution in [1.82, 2.24) is 4.90 Å². The van der Waals surface area contributed by atoms with Gasteiger partial charge in [-0.15, -0.1) is 0 Å². The van der Waals surface area contributed by atoms with Crippen LogP contribution in [0.2, 0.25) is 0 Å². The Balaban J connectivity index is 1.78. The highest BCUT2D eigenvalue weighted by Gasteiger charge is 2.26. The lowest BCUT2D eigenvalue weighted by molar-refractivity contribution is 0.0788. The molecule has 1 amide bonds. The van der Waals surface area contributed by atoms with E-state index in [0.717, 1.165) is 18.9 Å². The SMILES string of the molecule is CCOC(=O)N(CCCC1CCCCC1)C1CCCCC1. The Labute approximate surface area is 130 Å². The first-order chi connectivity index (χ1) is 10.3. The maximum Gasteiger partial charge on any atom is 0.409 e. The number of hydrogen-bond donors (Lipinski definition) is 0. The van der Waals surface area contributed by atoms with Gasteiger partial charge in [-0.3, -0.25) is 0 Å². The van der Waals surface area contributed by atoms with Crippen LogP contribution in [0.15, 0.2) is 0 Å². The van der Waals surface area contributed by atoms with Gasteiger partial charge in [0.25, 0.3) is 0 Å². The first-order valence-corrected chi connectivity index (χ1v) is 9.24. The van der Waals surface area contributed by atoms with Crippen LogP contribution in [0.4, 0.5) is 4.79 Å². The molecule has 2 saturated carbocycles. The van der Waals surface area contributed by atoms with E-state index in [0.29, 0.717) is 12.6 Å². The molecule has 0 aliphatic heterocycles. The molecule has 2 fully saturated rings. The minimum absolute atomic E-state index is 0.0759. The Bertz CT molecular complexity index is 294. The molecule has 0 spiro atoms. The molecule has 2 rings (SSSR count). The first kappa shape index (κ1) is 16.6. The monoisotopic (exact) mass is 295 g/mol. The summed E-state index contributed by atoms with van der Waals surface area (Å²) in [5.74, 6) is 0.911. The van der Waals surface area contributed by atoms with Gasteiger partial charge in [0.15, 0.2) is 0 Å². The Morgan fingerprint density at radius 2 is 1.62 bits per heavy atom. The highest BCUT2D eigenvalue weighted by molar-refractivity contribution is 5.68. The van der Waals surface area contributed by atoms with E-state index in [1.165, 1.54) is 70.6 Å². The van der Waals surface area contributed by atoms with E-state index in [2.05, 4.69) is 0 Å². The molecular weight excluding hydrogens is 262 g/mol. The van der Waals surface area contributed by atoms with Gasteiger partial charge >= 0.3 is 6.09 Å². The predicted molar refractivity (Wildman–Crippen MR) is 86.4 cm³/mol. The zero-order chi connectivity index (χ0) is 14.9. The predicted octanol–water partition coefficient (Wildman–Crippen LogP) is 5.14. The van der Waals surface area contributed by atoms with Crippen LogP contribution in [0.3, 0.4) is 0 Å². The standard InChI is InChI=1S/C18H33NO2/c1-2-21-18(20)19(17-13-7-4-8-14-17)15-9-12-16-10-5-3-6-11-16/h16-17H,2-15H2,1H3. The van der Waals surface area contributed by atoms with Gasteiger partial charge in [0.1, 0.15) is 0 Å². The van der Waals surface area contributed by atoms with Gasteiger partial charge in [-0.25, -0.2) is 4.79 Å². The quantitative estimate of drug-likeness (QED) is 0.679. The second-order valence-corrected chi connectivity index (χ2v) is 6.83. The lowest BCUT2D eigenvalue weighted by Crippen LogP contribution is -2.42. The maximum absolute atomic E-state index is 12.2. The van der Waals surface area contributed by atoms with Crippen LogP contribution < -0.4 is 0 Å². The van der Waals surface area contributed by atoms with E-state index in [4.69, 9.17) is 4.74 Å². The van der Waals surface area contributed by atoms with E-state index in [9.17, 15) is 4.79 Å². The van der Waals surface area contributed by atoms with Crippen molar-refractivity contribution in [2.24, 2.45) is 5.92 Å². The number of carbonyl (C=O) groups is 1. The number of rotatable bonds is 6. The van der Waals surface area contributed by atoms with Crippen molar-refractivity contribution in [3.8, 4) is 0 Å². The Morgan fingerprint density at radius 3 is 2.24 bits per heavy atom. The molecule has 2 aliphatic carbocycles. The van der Waals surface area contributed by atoms with Crippen molar-refractivity contribution >= 4 is 6.09 Å². The van der Waals surface area contributed by atoms with E-state index in [-0.39, 0.29) is 6.09 Å². The lowest BCUT2D eigenvalue weighted by atomic mass is 9.86. The van der Waals surface area contributed by atoms with Gasteiger partial charge in [-0.05, 0) is 38.5 Å². The molecule has 0 bridgehead atoms. The van der Waals surface area contributed by atoms with Crippen LogP contribution in [0, 0.1) is 5.92 Å². The minimum atomic E-state index is -0.0759. The number of nitrogens with zero attached hydrogens (tertiary/aromatic N) is 1. The average Bonchev–Trinajstić information content (AvgIpc) is 2.53. The fourth-order valence-corrected chi connectivity index (χ4v) is 4.05. The summed E-state index contributed by atoms with van der Waals surface area (Å²) in [5.41, 5.74) is 0. The molecule has 0 aromatic carbocycles. The van der Waals surface area contributed by atoms with Crippen molar-refractivity contribution in [2.45, 2.75) is 90.0 Å². The van der Waals surface area contributed by atoms with Crippen LogP contribution in [-0.2, 0) is 4.74 Å². The molecular formula is C18H33NO2. The van der Waals surface area contributed by atoms with Crippen LogP contribution in [0.5, 0.6) is 0 Å². The Kier molecular flexibility index (Phi) is 7.38. The summed E-state index contributed by atoms with van der Waals surface area (Å²) in [6, 6.07) is 0.434. The summed E-state index contributed by atoms with van der Waals surface area (Å²) in [6.07, 6.45) is 15.6. The normalized spacial score (nSPS) is 21.2. The molecule has 3 heteroatoms. The fraction of sp³-hybridized carbons (Fsp3) is 0.944. The smallest absolute Gasteiger partial charge is 0.409 e. The summed E-state index contributed by atoms with van der Waals surface area (Å²) >= 11 is 0. The van der Waals surface area contributed by atoms with E-state index in [1.807, 2.05) is 11.8 Å². The summed E-state index contributed by atoms with van der Waals surface area (Å²) in [4.78, 5) is 14.3. The van der Waals surface area contributed by atoms with Gasteiger partial charge in [-0.1, -0.05) is 51.4 Å². The first-order valence-electron chi connectivity index (χ1n) is 9.24. The fourth-order valence-electron chi connectivity index (χ4n) is 4.05. The second-order valence-electron chi connectivity index (χ2n) is 6.83. The highest BCUT2D eigenvalue weighted by Crippen LogP contribution is 2.28. The molecule has 0 unspecified atom stereocenters. The zero-order valence-corrected chi connectivity index (χ0v) is 13.8. The van der Waals surface area contributed by atoms with Gasteiger partial charge in [0.05, 0.1) is 6.61 Å². The van der Waals surface area contributed by atoms with Crippen LogP contribution in [0.1, 0.15) is 84.0 Å². The van der Waals surface area contributed by atoms with Crippen molar-refractivity contribution < 1.29 is 9.53 Å². The molecule has 0 aromatic heterocycles. The van der Waals surface area contributed by atoms with Crippen molar-refractivity contribution in [3.63, 3.8) is 0 Å². The lowest BCUT2D eigenvalue weighted by Gasteiger charge is -2.34. The zero-order valence-electron chi connectivity index (χ0n) is 13.8. The number of ether oxygens (including phenoxy) is 1. The molecule has 0 radical (unpaired) electrons. The van der Waals surface area contributed by atoms with Gasteiger partial charge in [-0.2, -0.15) is 0 Å².